The summed E-state index contributed by atoms with van der Waals surface area (Å²) in [6, 6.07) is 6.02. The molecule has 0 aliphatic heterocycles. The van der Waals surface area contributed by atoms with Crippen LogP contribution in [0.5, 0.6) is 0 Å². The van der Waals surface area contributed by atoms with Crippen molar-refractivity contribution in [3.63, 3.8) is 0 Å². The largest absolute Gasteiger partial charge is 0.375 e. The molecule has 2 rings (SSSR count). The number of Topliss-reactive ketones (excluding diaryl/α,β-unsaturated/α-hetero) is 1. The van der Waals surface area contributed by atoms with Gasteiger partial charge in [0.2, 0.25) is 0 Å². The molecule has 2 N–H and O–H groups in total. The monoisotopic (exact) mass is 236 g/mol. The average molecular weight is 236 g/mol. The molecular weight excluding hydrogens is 227 g/mol. The number of aromatic nitrogens is 1. The SMILES string of the molecule is CC(=O)c1nc(N)sc1-c1cccc(F)c1. The molecule has 0 aliphatic rings. The van der Waals surface area contributed by atoms with Crippen LogP contribution in [0.3, 0.4) is 0 Å². The predicted octanol–water partition coefficient (Wildman–Crippen LogP) is 2.73. The molecule has 0 saturated heterocycles. The van der Waals surface area contributed by atoms with Gasteiger partial charge in [0.05, 0.1) is 4.88 Å². The quantitative estimate of drug-likeness (QED) is 0.816. The molecule has 0 aliphatic carbocycles. The first-order valence-electron chi connectivity index (χ1n) is 4.61. The second-order valence-corrected chi connectivity index (χ2v) is 4.33. The van der Waals surface area contributed by atoms with Gasteiger partial charge in [0, 0.05) is 6.92 Å². The maximum absolute atomic E-state index is 13.1. The van der Waals surface area contributed by atoms with Crippen molar-refractivity contribution in [3.05, 3.63) is 35.8 Å². The second-order valence-electron chi connectivity index (χ2n) is 3.30. The zero-order valence-electron chi connectivity index (χ0n) is 8.53. The third-order valence-corrected chi connectivity index (χ3v) is 3.00. The van der Waals surface area contributed by atoms with Gasteiger partial charge in [-0.25, -0.2) is 9.37 Å². The Morgan fingerprint density at radius 1 is 1.50 bits per heavy atom. The number of nitrogens with zero attached hydrogens (tertiary/aromatic N) is 1. The second kappa shape index (κ2) is 4.02. The third kappa shape index (κ3) is 1.94. The van der Waals surface area contributed by atoms with Gasteiger partial charge in [0.15, 0.2) is 10.9 Å². The first kappa shape index (κ1) is 10.8. The molecular formula is C11H9FN2OS. The van der Waals surface area contributed by atoms with Gasteiger partial charge in [-0.3, -0.25) is 4.79 Å². The lowest BCUT2D eigenvalue weighted by Crippen LogP contribution is -1.95. The highest BCUT2D eigenvalue weighted by Gasteiger charge is 2.15. The van der Waals surface area contributed by atoms with Crippen LogP contribution >= 0.6 is 11.3 Å². The minimum absolute atomic E-state index is 0.174. The first-order valence-corrected chi connectivity index (χ1v) is 5.43. The lowest BCUT2D eigenvalue weighted by molar-refractivity contribution is 0.101. The minimum atomic E-state index is -0.348. The normalized spacial score (nSPS) is 10.4. The zero-order chi connectivity index (χ0) is 11.7. The number of nitrogen functional groups attached to an aromatic ring is 1. The molecule has 1 aromatic carbocycles. The summed E-state index contributed by atoms with van der Waals surface area (Å²) in [5.74, 6) is -0.522. The van der Waals surface area contributed by atoms with Gasteiger partial charge in [-0.15, -0.1) is 0 Å². The number of thiazole rings is 1. The summed E-state index contributed by atoms with van der Waals surface area (Å²) < 4.78 is 13.1. The van der Waals surface area contributed by atoms with Crippen molar-refractivity contribution >= 4 is 22.3 Å². The molecule has 16 heavy (non-hydrogen) atoms. The van der Waals surface area contributed by atoms with Crippen LogP contribution in [0.15, 0.2) is 24.3 Å². The molecule has 0 radical (unpaired) electrons. The van der Waals surface area contributed by atoms with E-state index in [9.17, 15) is 9.18 Å². The number of benzene rings is 1. The van der Waals surface area contributed by atoms with Crippen LogP contribution in [0.4, 0.5) is 9.52 Å². The summed E-state index contributed by atoms with van der Waals surface area (Å²) >= 11 is 1.18. The Labute approximate surface area is 95.7 Å². The number of rotatable bonds is 2. The number of hydrogen-bond donors (Lipinski definition) is 1. The Kier molecular flexibility index (Phi) is 2.70. The van der Waals surface area contributed by atoms with Crippen molar-refractivity contribution < 1.29 is 9.18 Å². The highest BCUT2D eigenvalue weighted by atomic mass is 32.1. The summed E-state index contributed by atoms with van der Waals surface area (Å²) in [7, 11) is 0. The van der Waals surface area contributed by atoms with E-state index in [1.807, 2.05) is 0 Å². The standard InChI is InChI=1S/C11H9FN2OS/c1-6(15)9-10(16-11(13)14-9)7-3-2-4-8(12)5-7/h2-5H,1H3,(H2,13,14). The van der Waals surface area contributed by atoms with Gasteiger partial charge in [0.1, 0.15) is 11.5 Å². The summed E-state index contributed by atoms with van der Waals surface area (Å²) in [5, 5.41) is 0.310. The van der Waals surface area contributed by atoms with Crippen LogP contribution in [0.1, 0.15) is 17.4 Å². The van der Waals surface area contributed by atoms with Gasteiger partial charge < -0.3 is 5.73 Å². The molecule has 5 heteroatoms. The number of anilines is 1. The highest BCUT2D eigenvalue weighted by Crippen LogP contribution is 2.32. The fourth-order valence-corrected chi connectivity index (χ4v) is 2.28. The smallest absolute Gasteiger partial charge is 0.181 e. The van der Waals surface area contributed by atoms with Crippen LogP contribution in [0.2, 0.25) is 0 Å². The molecule has 0 fully saturated rings. The molecule has 3 nitrogen and oxygen atoms in total. The van der Waals surface area contributed by atoms with Gasteiger partial charge in [0.25, 0.3) is 0 Å². The van der Waals surface area contributed by atoms with Gasteiger partial charge in [-0.2, -0.15) is 0 Å². The van der Waals surface area contributed by atoms with E-state index in [2.05, 4.69) is 4.98 Å². The Morgan fingerprint density at radius 2 is 2.25 bits per heavy atom. The molecule has 0 amide bonds. The molecule has 0 unspecified atom stereocenters. The first-order chi connectivity index (χ1) is 7.58. The van der Waals surface area contributed by atoms with E-state index in [1.165, 1.54) is 30.4 Å². The number of halogens is 1. The summed E-state index contributed by atoms with van der Waals surface area (Å²) in [5.41, 5.74) is 6.48. The zero-order valence-corrected chi connectivity index (χ0v) is 9.34. The van der Waals surface area contributed by atoms with Crippen LogP contribution < -0.4 is 5.73 Å². The number of carbonyl (C=O) groups excluding carboxylic acids is 1. The average Bonchev–Trinajstić information content (AvgIpc) is 2.60. The van der Waals surface area contributed by atoms with Crippen molar-refractivity contribution in [2.45, 2.75) is 6.92 Å². The Morgan fingerprint density at radius 3 is 2.88 bits per heavy atom. The van der Waals surface area contributed by atoms with Crippen molar-refractivity contribution in [2.75, 3.05) is 5.73 Å². The Balaban J connectivity index is 2.59. The van der Waals surface area contributed by atoms with E-state index in [0.29, 0.717) is 21.3 Å². The molecule has 82 valence electrons. The van der Waals surface area contributed by atoms with E-state index in [1.54, 1.807) is 12.1 Å². The van der Waals surface area contributed by atoms with E-state index < -0.39 is 0 Å². The van der Waals surface area contributed by atoms with E-state index in [-0.39, 0.29) is 11.6 Å². The third-order valence-electron chi connectivity index (χ3n) is 2.06. The van der Waals surface area contributed by atoms with Gasteiger partial charge >= 0.3 is 0 Å². The molecule has 2 aromatic rings. The molecule has 1 heterocycles. The van der Waals surface area contributed by atoms with E-state index in [0.717, 1.165) is 0 Å². The number of carbonyl (C=O) groups is 1. The lowest BCUT2D eigenvalue weighted by atomic mass is 10.1. The van der Waals surface area contributed by atoms with Crippen molar-refractivity contribution in [2.24, 2.45) is 0 Å². The van der Waals surface area contributed by atoms with Crippen LogP contribution in [0.25, 0.3) is 10.4 Å². The van der Waals surface area contributed by atoms with Crippen molar-refractivity contribution in [1.29, 1.82) is 0 Å². The van der Waals surface area contributed by atoms with Gasteiger partial charge in [-0.1, -0.05) is 23.5 Å². The van der Waals surface area contributed by atoms with Crippen molar-refractivity contribution in [1.82, 2.24) is 4.98 Å². The molecule has 0 saturated carbocycles. The summed E-state index contributed by atoms with van der Waals surface area (Å²) in [6.45, 7) is 1.41. The highest BCUT2D eigenvalue weighted by molar-refractivity contribution is 7.19. The number of hydrogen-bond acceptors (Lipinski definition) is 4. The van der Waals surface area contributed by atoms with Crippen molar-refractivity contribution in [3.8, 4) is 10.4 Å². The maximum Gasteiger partial charge on any atom is 0.181 e. The predicted molar refractivity (Wildman–Crippen MR) is 61.9 cm³/mol. The van der Waals surface area contributed by atoms with Crippen LogP contribution in [-0.2, 0) is 0 Å². The van der Waals surface area contributed by atoms with Gasteiger partial charge in [-0.05, 0) is 17.7 Å². The van der Waals surface area contributed by atoms with Crippen LogP contribution in [0, 0.1) is 5.82 Å². The molecule has 0 spiro atoms. The Bertz CT molecular complexity index is 551. The minimum Gasteiger partial charge on any atom is -0.375 e. The molecule has 0 bridgehead atoms. The molecule has 0 atom stereocenters. The summed E-state index contributed by atoms with van der Waals surface area (Å²) in [6.07, 6.45) is 0. The van der Waals surface area contributed by atoms with E-state index in [4.69, 9.17) is 5.73 Å². The Hall–Kier alpha value is -1.75. The van der Waals surface area contributed by atoms with Crippen LogP contribution in [-0.4, -0.2) is 10.8 Å². The fraction of sp³-hybridized carbons (Fsp3) is 0.0909. The fourth-order valence-electron chi connectivity index (χ4n) is 1.40. The number of ketones is 1. The lowest BCUT2D eigenvalue weighted by Gasteiger charge is -1.99. The maximum atomic E-state index is 13.1. The topological polar surface area (TPSA) is 56.0 Å². The number of nitrogens with two attached hydrogens (primary N) is 1. The van der Waals surface area contributed by atoms with E-state index >= 15 is 0 Å². The summed E-state index contributed by atoms with van der Waals surface area (Å²) in [4.78, 5) is 15.9. The molecule has 1 aromatic heterocycles.